The van der Waals surface area contributed by atoms with E-state index in [2.05, 4.69) is 4.98 Å². The van der Waals surface area contributed by atoms with Crippen LogP contribution in [0.15, 0.2) is 18.3 Å². The third-order valence-electron chi connectivity index (χ3n) is 1.87. The molecule has 0 radical (unpaired) electrons. The van der Waals surface area contributed by atoms with Crippen LogP contribution >= 0.6 is 0 Å². The lowest BCUT2D eigenvalue weighted by Gasteiger charge is -2.24. The van der Waals surface area contributed by atoms with Crippen LogP contribution in [0, 0.1) is 0 Å². The Morgan fingerprint density at radius 1 is 1.50 bits per heavy atom. The summed E-state index contributed by atoms with van der Waals surface area (Å²) < 4.78 is 0. The molecule has 1 amide bonds. The molecule has 1 aromatic heterocycles. The molecule has 1 rings (SSSR count). The van der Waals surface area contributed by atoms with Gasteiger partial charge in [0.05, 0.1) is 11.9 Å². The molecule has 0 aliphatic carbocycles. The SMILES string of the molecule is CC(=O)N(c1ccc(N)cn1)C(C)C. The average Bonchev–Trinajstić information content (AvgIpc) is 2.07. The molecule has 1 heterocycles. The molecule has 2 N–H and O–H groups in total. The highest BCUT2D eigenvalue weighted by molar-refractivity contribution is 5.90. The number of nitrogen functional groups attached to an aromatic ring is 1. The average molecular weight is 193 g/mol. The summed E-state index contributed by atoms with van der Waals surface area (Å²) >= 11 is 0. The number of rotatable bonds is 2. The van der Waals surface area contributed by atoms with E-state index in [0.717, 1.165) is 0 Å². The maximum absolute atomic E-state index is 11.3. The number of aromatic nitrogens is 1. The Balaban J connectivity index is 3.00. The summed E-state index contributed by atoms with van der Waals surface area (Å²) in [4.78, 5) is 17.1. The number of amides is 1. The number of carbonyl (C=O) groups excluding carboxylic acids is 1. The van der Waals surface area contributed by atoms with Gasteiger partial charge in [-0.2, -0.15) is 0 Å². The minimum absolute atomic E-state index is 0.0164. The number of hydrogen-bond acceptors (Lipinski definition) is 3. The zero-order valence-corrected chi connectivity index (χ0v) is 8.69. The number of nitrogens with zero attached hydrogens (tertiary/aromatic N) is 2. The van der Waals surface area contributed by atoms with Gasteiger partial charge in [0, 0.05) is 13.0 Å². The molecule has 0 saturated carbocycles. The highest BCUT2D eigenvalue weighted by Gasteiger charge is 2.15. The Morgan fingerprint density at radius 2 is 2.14 bits per heavy atom. The van der Waals surface area contributed by atoms with Crippen LogP contribution in [0.25, 0.3) is 0 Å². The molecule has 0 aliphatic heterocycles. The van der Waals surface area contributed by atoms with Crippen molar-refractivity contribution in [3.05, 3.63) is 18.3 Å². The summed E-state index contributed by atoms with van der Waals surface area (Å²) in [6, 6.07) is 3.58. The molecule has 1 aromatic rings. The summed E-state index contributed by atoms with van der Waals surface area (Å²) in [5.74, 6) is 0.624. The summed E-state index contributed by atoms with van der Waals surface area (Å²) in [5, 5.41) is 0. The second-order valence-electron chi connectivity index (χ2n) is 3.43. The van der Waals surface area contributed by atoms with Gasteiger partial charge in [-0.3, -0.25) is 9.69 Å². The van der Waals surface area contributed by atoms with Crippen molar-refractivity contribution in [1.82, 2.24) is 4.98 Å². The first-order valence-electron chi connectivity index (χ1n) is 4.53. The van der Waals surface area contributed by atoms with E-state index in [1.807, 2.05) is 13.8 Å². The Morgan fingerprint density at radius 3 is 2.50 bits per heavy atom. The Kier molecular flexibility index (Phi) is 3.06. The second-order valence-corrected chi connectivity index (χ2v) is 3.43. The van der Waals surface area contributed by atoms with Crippen LogP contribution in [0.1, 0.15) is 20.8 Å². The van der Waals surface area contributed by atoms with Crippen molar-refractivity contribution in [3.63, 3.8) is 0 Å². The van der Waals surface area contributed by atoms with Gasteiger partial charge in [0.1, 0.15) is 5.82 Å². The molecular formula is C10H15N3O. The third kappa shape index (κ3) is 2.22. The van der Waals surface area contributed by atoms with Gasteiger partial charge in [0.15, 0.2) is 0 Å². The van der Waals surface area contributed by atoms with E-state index in [0.29, 0.717) is 11.5 Å². The van der Waals surface area contributed by atoms with Crippen LogP contribution in [0.4, 0.5) is 11.5 Å². The first kappa shape index (κ1) is 10.5. The number of carbonyl (C=O) groups is 1. The number of nitrogens with two attached hydrogens (primary N) is 1. The van der Waals surface area contributed by atoms with Crippen molar-refractivity contribution in [2.24, 2.45) is 0 Å². The second kappa shape index (κ2) is 4.09. The molecule has 0 unspecified atom stereocenters. The molecule has 0 spiro atoms. The zero-order valence-electron chi connectivity index (χ0n) is 8.69. The van der Waals surface area contributed by atoms with E-state index in [1.165, 1.54) is 6.92 Å². The first-order chi connectivity index (χ1) is 6.52. The molecule has 4 nitrogen and oxygen atoms in total. The molecule has 0 fully saturated rings. The number of hydrogen-bond donors (Lipinski definition) is 1. The van der Waals surface area contributed by atoms with Gasteiger partial charge in [0.25, 0.3) is 0 Å². The van der Waals surface area contributed by atoms with Gasteiger partial charge in [-0.15, -0.1) is 0 Å². The maximum Gasteiger partial charge on any atom is 0.225 e. The zero-order chi connectivity index (χ0) is 10.7. The quantitative estimate of drug-likeness (QED) is 0.772. The number of pyridine rings is 1. The lowest BCUT2D eigenvalue weighted by molar-refractivity contribution is -0.116. The first-order valence-corrected chi connectivity index (χ1v) is 4.53. The molecule has 0 atom stereocenters. The van der Waals surface area contributed by atoms with E-state index in [9.17, 15) is 4.79 Å². The Labute approximate surface area is 83.7 Å². The summed E-state index contributed by atoms with van der Waals surface area (Å²) in [5.41, 5.74) is 6.11. The minimum atomic E-state index is -0.0164. The largest absolute Gasteiger partial charge is 0.397 e. The fourth-order valence-electron chi connectivity index (χ4n) is 1.33. The van der Waals surface area contributed by atoms with Crippen LogP contribution in [0.3, 0.4) is 0 Å². The lowest BCUT2D eigenvalue weighted by Crippen LogP contribution is -2.35. The predicted molar refractivity (Wildman–Crippen MR) is 56.9 cm³/mol. The van der Waals surface area contributed by atoms with Crippen LogP contribution in [-0.4, -0.2) is 16.9 Å². The normalized spacial score (nSPS) is 10.3. The molecule has 0 saturated heterocycles. The highest BCUT2D eigenvalue weighted by atomic mass is 16.2. The van der Waals surface area contributed by atoms with Gasteiger partial charge in [-0.1, -0.05) is 0 Å². The van der Waals surface area contributed by atoms with Gasteiger partial charge in [-0.05, 0) is 26.0 Å². The number of anilines is 2. The molecule has 0 bridgehead atoms. The van der Waals surface area contributed by atoms with Gasteiger partial charge in [-0.25, -0.2) is 4.98 Å². The molecule has 14 heavy (non-hydrogen) atoms. The standard InChI is InChI=1S/C10H15N3O/c1-7(2)13(8(3)14)10-5-4-9(11)6-12-10/h4-7H,11H2,1-3H3. The Bertz CT molecular complexity index is 319. The monoisotopic (exact) mass is 193 g/mol. The van der Waals surface area contributed by atoms with E-state index >= 15 is 0 Å². The fraction of sp³-hybridized carbons (Fsp3) is 0.400. The van der Waals surface area contributed by atoms with Crippen LogP contribution in [0.2, 0.25) is 0 Å². The van der Waals surface area contributed by atoms with Crippen molar-refractivity contribution in [1.29, 1.82) is 0 Å². The minimum Gasteiger partial charge on any atom is -0.397 e. The van der Waals surface area contributed by atoms with E-state index < -0.39 is 0 Å². The van der Waals surface area contributed by atoms with E-state index in [1.54, 1.807) is 23.2 Å². The summed E-state index contributed by atoms with van der Waals surface area (Å²) in [7, 11) is 0. The summed E-state index contributed by atoms with van der Waals surface area (Å²) in [6.45, 7) is 5.41. The molecule has 4 heteroatoms. The van der Waals surface area contributed by atoms with Crippen molar-refractivity contribution in [3.8, 4) is 0 Å². The smallest absolute Gasteiger partial charge is 0.225 e. The van der Waals surface area contributed by atoms with Crippen molar-refractivity contribution in [2.45, 2.75) is 26.8 Å². The maximum atomic E-state index is 11.3. The molecule has 0 aromatic carbocycles. The summed E-state index contributed by atoms with van der Waals surface area (Å²) in [6.07, 6.45) is 1.55. The fourth-order valence-corrected chi connectivity index (χ4v) is 1.33. The van der Waals surface area contributed by atoms with Crippen LogP contribution in [0.5, 0.6) is 0 Å². The van der Waals surface area contributed by atoms with Crippen molar-refractivity contribution in [2.75, 3.05) is 10.6 Å². The highest BCUT2D eigenvalue weighted by Crippen LogP contribution is 2.15. The van der Waals surface area contributed by atoms with E-state index in [-0.39, 0.29) is 11.9 Å². The Hall–Kier alpha value is -1.58. The molecule has 76 valence electrons. The topological polar surface area (TPSA) is 59.2 Å². The lowest BCUT2D eigenvalue weighted by atomic mass is 10.3. The third-order valence-corrected chi connectivity index (χ3v) is 1.87. The van der Waals surface area contributed by atoms with Crippen molar-refractivity contribution < 1.29 is 4.79 Å². The van der Waals surface area contributed by atoms with Gasteiger partial charge in [0.2, 0.25) is 5.91 Å². The molecular weight excluding hydrogens is 178 g/mol. The van der Waals surface area contributed by atoms with Gasteiger partial charge < -0.3 is 5.73 Å². The van der Waals surface area contributed by atoms with Crippen molar-refractivity contribution >= 4 is 17.4 Å². The van der Waals surface area contributed by atoms with Crippen LogP contribution < -0.4 is 10.6 Å². The van der Waals surface area contributed by atoms with Gasteiger partial charge >= 0.3 is 0 Å². The molecule has 0 aliphatic rings. The predicted octanol–water partition coefficient (Wildman–Crippen LogP) is 1.43. The van der Waals surface area contributed by atoms with Crippen LogP contribution in [-0.2, 0) is 4.79 Å². The van der Waals surface area contributed by atoms with E-state index in [4.69, 9.17) is 5.73 Å².